The molecule has 3 unspecified atom stereocenters. The summed E-state index contributed by atoms with van der Waals surface area (Å²) in [5.74, 6) is -0.0936. The highest BCUT2D eigenvalue weighted by molar-refractivity contribution is 5.79. The van der Waals surface area contributed by atoms with Gasteiger partial charge >= 0.3 is 0 Å². The van der Waals surface area contributed by atoms with Gasteiger partial charge in [-0.1, -0.05) is 38.0 Å². The molecule has 0 radical (unpaired) electrons. The van der Waals surface area contributed by atoms with Crippen LogP contribution in [-0.2, 0) is 11.2 Å². The van der Waals surface area contributed by atoms with Gasteiger partial charge in [-0.05, 0) is 43.4 Å². The maximum Gasteiger partial charge on any atom is 0.223 e. The van der Waals surface area contributed by atoms with Gasteiger partial charge in [0, 0.05) is 12.0 Å². The average molecular weight is 292 g/mol. The van der Waals surface area contributed by atoms with E-state index < -0.39 is 0 Å². The van der Waals surface area contributed by atoms with E-state index in [1.807, 2.05) is 6.92 Å². The van der Waals surface area contributed by atoms with E-state index in [1.54, 1.807) is 18.2 Å². The van der Waals surface area contributed by atoms with Crippen LogP contribution in [0.5, 0.6) is 0 Å². The van der Waals surface area contributed by atoms with E-state index in [0.717, 1.165) is 19.3 Å². The van der Waals surface area contributed by atoms with Crippen LogP contribution in [-0.4, -0.2) is 18.5 Å². The number of amides is 1. The second kappa shape index (κ2) is 7.55. The van der Waals surface area contributed by atoms with Gasteiger partial charge < -0.3 is 11.1 Å². The zero-order chi connectivity index (χ0) is 15.2. The topological polar surface area (TPSA) is 55.1 Å². The fraction of sp³-hybridized carbons (Fsp3) is 0.588. The molecule has 21 heavy (non-hydrogen) atoms. The summed E-state index contributed by atoms with van der Waals surface area (Å²) in [5.41, 5.74) is 6.38. The fourth-order valence-electron chi connectivity index (χ4n) is 3.09. The van der Waals surface area contributed by atoms with Gasteiger partial charge in [0.05, 0.1) is 0 Å². The van der Waals surface area contributed by atoms with E-state index in [2.05, 4.69) is 5.32 Å². The number of carbonyl (C=O) groups excluding carboxylic acids is 1. The molecule has 3 nitrogen and oxygen atoms in total. The van der Waals surface area contributed by atoms with Gasteiger partial charge in [-0.25, -0.2) is 4.39 Å². The third-order valence-corrected chi connectivity index (χ3v) is 4.47. The molecule has 2 rings (SSSR count). The minimum Gasteiger partial charge on any atom is -0.353 e. The normalized spacial score (nSPS) is 23.6. The highest BCUT2D eigenvalue weighted by Gasteiger charge is 2.27. The molecule has 116 valence electrons. The van der Waals surface area contributed by atoms with E-state index in [0.29, 0.717) is 24.4 Å². The Kier molecular flexibility index (Phi) is 5.74. The largest absolute Gasteiger partial charge is 0.353 e. The average Bonchev–Trinajstić information content (AvgIpc) is 2.50. The number of rotatable bonds is 5. The van der Waals surface area contributed by atoms with Gasteiger partial charge in [-0.3, -0.25) is 4.79 Å². The van der Waals surface area contributed by atoms with Crippen LogP contribution < -0.4 is 11.1 Å². The van der Waals surface area contributed by atoms with Crippen LogP contribution in [0.25, 0.3) is 0 Å². The van der Waals surface area contributed by atoms with Crippen molar-refractivity contribution < 1.29 is 9.18 Å². The van der Waals surface area contributed by atoms with Crippen LogP contribution in [0.2, 0.25) is 0 Å². The molecule has 1 aliphatic rings. The van der Waals surface area contributed by atoms with Gasteiger partial charge in [-0.15, -0.1) is 0 Å². The van der Waals surface area contributed by atoms with Crippen molar-refractivity contribution in [1.29, 1.82) is 0 Å². The Balaban J connectivity index is 1.91. The molecule has 0 aliphatic heterocycles. The lowest BCUT2D eigenvalue weighted by molar-refractivity contribution is -0.125. The number of hydrogen-bond donors (Lipinski definition) is 2. The van der Waals surface area contributed by atoms with E-state index in [1.165, 1.54) is 12.5 Å². The van der Waals surface area contributed by atoms with Gasteiger partial charge in [0.2, 0.25) is 5.91 Å². The third kappa shape index (κ3) is 4.27. The SMILES string of the molecule is CC(Cc1ccccc1F)C(=O)NC1CCCCC1CN. The van der Waals surface area contributed by atoms with Crippen molar-refractivity contribution in [3.05, 3.63) is 35.6 Å². The summed E-state index contributed by atoms with van der Waals surface area (Å²) >= 11 is 0. The Labute approximate surface area is 126 Å². The summed E-state index contributed by atoms with van der Waals surface area (Å²) in [7, 11) is 0. The first kappa shape index (κ1) is 16.0. The molecule has 1 aliphatic carbocycles. The number of carbonyl (C=O) groups is 1. The highest BCUT2D eigenvalue weighted by Crippen LogP contribution is 2.24. The van der Waals surface area contributed by atoms with Crippen molar-refractivity contribution in [3.63, 3.8) is 0 Å². The lowest BCUT2D eigenvalue weighted by Gasteiger charge is -2.32. The summed E-state index contributed by atoms with van der Waals surface area (Å²) in [4.78, 5) is 12.3. The zero-order valence-corrected chi connectivity index (χ0v) is 12.6. The number of nitrogens with one attached hydrogen (secondary N) is 1. The minimum absolute atomic E-state index is 0.00334. The maximum absolute atomic E-state index is 13.6. The second-order valence-electron chi connectivity index (χ2n) is 6.09. The van der Waals surface area contributed by atoms with E-state index in [9.17, 15) is 9.18 Å². The Morgan fingerprint density at radius 2 is 2.10 bits per heavy atom. The molecule has 3 atom stereocenters. The number of nitrogens with two attached hydrogens (primary N) is 1. The first-order valence-electron chi connectivity index (χ1n) is 7.85. The van der Waals surface area contributed by atoms with Crippen LogP contribution in [0.4, 0.5) is 4.39 Å². The van der Waals surface area contributed by atoms with Crippen LogP contribution in [0.15, 0.2) is 24.3 Å². The number of hydrogen-bond acceptors (Lipinski definition) is 2. The van der Waals surface area contributed by atoms with Crippen LogP contribution in [0.3, 0.4) is 0 Å². The molecule has 0 heterocycles. The monoisotopic (exact) mass is 292 g/mol. The highest BCUT2D eigenvalue weighted by atomic mass is 19.1. The number of benzene rings is 1. The van der Waals surface area contributed by atoms with Crippen LogP contribution >= 0.6 is 0 Å². The summed E-state index contributed by atoms with van der Waals surface area (Å²) < 4.78 is 13.6. The van der Waals surface area contributed by atoms with Crippen molar-refractivity contribution in [1.82, 2.24) is 5.32 Å². The predicted molar refractivity (Wildman–Crippen MR) is 82.2 cm³/mol. The summed E-state index contributed by atoms with van der Waals surface area (Å²) in [6.45, 7) is 2.47. The summed E-state index contributed by atoms with van der Waals surface area (Å²) in [6.07, 6.45) is 4.85. The second-order valence-corrected chi connectivity index (χ2v) is 6.09. The fourth-order valence-corrected chi connectivity index (χ4v) is 3.09. The van der Waals surface area contributed by atoms with Gasteiger partial charge in [0.25, 0.3) is 0 Å². The Morgan fingerprint density at radius 1 is 1.38 bits per heavy atom. The Bertz CT molecular complexity index is 478. The zero-order valence-electron chi connectivity index (χ0n) is 12.6. The van der Waals surface area contributed by atoms with Crippen molar-refractivity contribution in [2.45, 2.75) is 45.1 Å². The first-order valence-corrected chi connectivity index (χ1v) is 7.85. The summed E-state index contributed by atoms with van der Waals surface area (Å²) in [6, 6.07) is 6.82. The molecule has 4 heteroatoms. The quantitative estimate of drug-likeness (QED) is 0.876. The molecular weight excluding hydrogens is 267 g/mol. The van der Waals surface area contributed by atoms with E-state index in [4.69, 9.17) is 5.73 Å². The smallest absolute Gasteiger partial charge is 0.223 e. The molecule has 0 spiro atoms. The lowest BCUT2D eigenvalue weighted by Crippen LogP contribution is -2.46. The minimum atomic E-state index is -0.241. The molecule has 0 aromatic heterocycles. The van der Waals surface area contributed by atoms with Gasteiger partial charge in [0.15, 0.2) is 0 Å². The molecule has 1 aromatic carbocycles. The van der Waals surface area contributed by atoms with Gasteiger partial charge in [-0.2, -0.15) is 0 Å². The standard InChI is InChI=1S/C17H25FN2O/c1-12(10-13-6-2-4-8-15(13)18)17(21)20-16-9-5-3-7-14(16)11-19/h2,4,6,8,12,14,16H,3,5,7,9-11,19H2,1H3,(H,20,21). The lowest BCUT2D eigenvalue weighted by atomic mass is 9.84. The molecule has 1 amide bonds. The number of halogens is 1. The van der Waals surface area contributed by atoms with Crippen molar-refractivity contribution >= 4 is 5.91 Å². The molecule has 1 saturated carbocycles. The molecule has 3 N–H and O–H groups in total. The Hall–Kier alpha value is -1.42. The van der Waals surface area contributed by atoms with Gasteiger partial charge in [0.1, 0.15) is 5.82 Å². The van der Waals surface area contributed by atoms with Crippen molar-refractivity contribution in [2.24, 2.45) is 17.6 Å². The molecule has 1 fully saturated rings. The summed E-state index contributed by atoms with van der Waals surface area (Å²) in [5, 5.41) is 3.12. The van der Waals surface area contributed by atoms with Crippen LogP contribution in [0.1, 0.15) is 38.2 Å². The van der Waals surface area contributed by atoms with E-state index >= 15 is 0 Å². The Morgan fingerprint density at radius 3 is 2.81 bits per heavy atom. The third-order valence-electron chi connectivity index (χ3n) is 4.47. The van der Waals surface area contributed by atoms with Crippen LogP contribution in [0, 0.1) is 17.7 Å². The maximum atomic E-state index is 13.6. The molecule has 0 bridgehead atoms. The van der Waals surface area contributed by atoms with Crippen molar-refractivity contribution in [2.75, 3.05) is 6.54 Å². The first-order chi connectivity index (χ1) is 10.1. The molecule has 0 saturated heterocycles. The predicted octanol–water partition coefficient (Wildman–Crippen LogP) is 2.64. The van der Waals surface area contributed by atoms with E-state index in [-0.39, 0.29) is 23.7 Å². The molecule has 1 aromatic rings. The van der Waals surface area contributed by atoms with Crippen molar-refractivity contribution in [3.8, 4) is 0 Å². The molecular formula is C17H25FN2O.